The van der Waals surface area contributed by atoms with Crippen molar-refractivity contribution in [1.29, 1.82) is 0 Å². The predicted octanol–water partition coefficient (Wildman–Crippen LogP) is 0.225. The molecule has 1 aliphatic rings. The van der Waals surface area contributed by atoms with E-state index in [1.807, 2.05) is 0 Å². The molecular weight excluding hydrogens is 332 g/mol. The summed E-state index contributed by atoms with van der Waals surface area (Å²) >= 11 is 0. The average Bonchev–Trinajstić information content (AvgIpc) is 2.86. The van der Waals surface area contributed by atoms with Gasteiger partial charge in [-0.3, -0.25) is 9.08 Å². The molecule has 2 unspecified atom stereocenters. The summed E-state index contributed by atoms with van der Waals surface area (Å²) in [7, 11) is -1.37. The van der Waals surface area contributed by atoms with Gasteiger partial charge in [-0.1, -0.05) is 46.5 Å². The molecule has 0 amide bonds. The standard InChI is InChI=1S/C15H32N2O.CH4O4S/c1-5-6-7-8-9-15(2,3)14-16(4)10-11-17(14)12-13-18;1-5-6(2,3)4/h14,18H,5-13H2,1-4H3;1H3,(H,2,3,4). The van der Waals surface area contributed by atoms with Crippen molar-refractivity contribution in [3.8, 4) is 0 Å². The first-order valence-electron chi connectivity index (χ1n) is 8.76. The number of quaternary nitrogens is 1. The Morgan fingerprint density at radius 3 is 2.38 bits per heavy atom. The molecule has 0 aromatic rings. The maximum atomic E-state index is 9.22. The van der Waals surface area contributed by atoms with Gasteiger partial charge in [0.2, 0.25) is 10.4 Å². The summed E-state index contributed by atoms with van der Waals surface area (Å²) < 4.78 is 31.0. The highest BCUT2D eigenvalue weighted by Crippen LogP contribution is 2.29. The van der Waals surface area contributed by atoms with E-state index in [0.29, 0.717) is 18.2 Å². The van der Waals surface area contributed by atoms with E-state index in [2.05, 4.69) is 36.9 Å². The van der Waals surface area contributed by atoms with Crippen LogP contribution in [-0.2, 0) is 14.6 Å². The van der Waals surface area contributed by atoms with E-state index in [0.717, 1.165) is 13.7 Å². The summed E-state index contributed by atoms with van der Waals surface area (Å²) in [5, 5.41) is 9.20. The van der Waals surface area contributed by atoms with Crippen molar-refractivity contribution in [1.82, 2.24) is 4.90 Å². The van der Waals surface area contributed by atoms with Crippen molar-refractivity contribution in [2.45, 2.75) is 59.0 Å². The van der Waals surface area contributed by atoms with Crippen molar-refractivity contribution in [3.05, 3.63) is 0 Å². The topological polar surface area (TPSA) is 94.3 Å². The van der Waals surface area contributed by atoms with Crippen molar-refractivity contribution >= 4 is 10.4 Å². The third-order valence-corrected chi connectivity index (χ3v) is 5.07. The molecule has 2 N–H and O–H groups in total. The van der Waals surface area contributed by atoms with Crippen LogP contribution in [0.5, 0.6) is 0 Å². The molecule has 1 rings (SSSR count). The Hall–Kier alpha value is -0.250. The molecule has 0 bridgehead atoms. The summed E-state index contributed by atoms with van der Waals surface area (Å²) in [4.78, 5) is 4.06. The van der Waals surface area contributed by atoms with Gasteiger partial charge in [-0.2, -0.15) is 0 Å². The summed E-state index contributed by atoms with van der Waals surface area (Å²) in [6, 6.07) is 0. The van der Waals surface area contributed by atoms with Gasteiger partial charge in [0, 0.05) is 5.41 Å². The smallest absolute Gasteiger partial charge is 0.217 e. The fourth-order valence-corrected chi connectivity index (χ4v) is 3.60. The predicted molar refractivity (Wildman–Crippen MR) is 93.4 cm³/mol. The number of aliphatic hydroxyl groups excluding tert-OH is 1. The number of nitrogens with one attached hydrogen (secondary N) is 1. The Kier molecular flexibility index (Phi) is 11.3. The summed E-state index contributed by atoms with van der Waals surface area (Å²) in [6.45, 7) is 10.6. The van der Waals surface area contributed by atoms with E-state index in [4.69, 9.17) is 0 Å². The zero-order chi connectivity index (χ0) is 18.8. The van der Waals surface area contributed by atoms with Gasteiger partial charge in [0.15, 0.2) is 0 Å². The van der Waals surface area contributed by atoms with Crippen LogP contribution in [0.1, 0.15) is 52.9 Å². The van der Waals surface area contributed by atoms with Gasteiger partial charge in [-0.25, -0.2) is 8.42 Å². The fraction of sp³-hybridized carbons (Fsp3) is 1.00. The van der Waals surface area contributed by atoms with Crippen LogP contribution < -0.4 is 4.90 Å². The lowest BCUT2D eigenvalue weighted by molar-refractivity contribution is -0.926. The summed E-state index contributed by atoms with van der Waals surface area (Å²) in [5.41, 5.74) is 0.351. The van der Waals surface area contributed by atoms with Crippen molar-refractivity contribution in [2.24, 2.45) is 5.41 Å². The van der Waals surface area contributed by atoms with Crippen LogP contribution in [-0.4, -0.2) is 69.5 Å². The van der Waals surface area contributed by atoms with Crippen molar-refractivity contribution < 1.29 is 27.2 Å². The molecular formula is C16H36N2O5S. The van der Waals surface area contributed by atoms with Crippen LogP contribution in [0.4, 0.5) is 0 Å². The number of rotatable bonds is 9. The zero-order valence-corrected chi connectivity index (χ0v) is 16.7. The third-order valence-electron chi connectivity index (χ3n) is 4.67. The lowest BCUT2D eigenvalue weighted by atomic mass is 9.82. The molecule has 1 heterocycles. The minimum atomic E-state index is -4.41. The first kappa shape index (κ1) is 23.8. The molecule has 24 heavy (non-hydrogen) atoms. The van der Waals surface area contributed by atoms with Gasteiger partial charge in [-0.05, 0) is 13.5 Å². The van der Waals surface area contributed by atoms with E-state index in [1.165, 1.54) is 45.2 Å². The van der Waals surface area contributed by atoms with Gasteiger partial charge >= 0.3 is 0 Å². The number of unbranched alkanes of at least 4 members (excludes halogenated alkanes) is 3. The molecule has 2 atom stereocenters. The number of aliphatic hydroxyl groups is 1. The van der Waals surface area contributed by atoms with E-state index >= 15 is 0 Å². The second-order valence-corrected chi connectivity index (χ2v) is 8.29. The average molecular weight is 369 g/mol. The monoisotopic (exact) mass is 368 g/mol. The lowest BCUT2D eigenvalue weighted by Gasteiger charge is -2.37. The SMILES string of the molecule is CCCCCCC(C)(C)C1N(C)CC[NH+]1CCO.COS(=O)(=O)[O-]. The minimum absolute atomic E-state index is 0.311. The molecule has 0 aliphatic carbocycles. The summed E-state index contributed by atoms with van der Waals surface area (Å²) in [6.07, 6.45) is 7.27. The normalized spacial score (nSPS) is 22.3. The first-order chi connectivity index (χ1) is 11.1. The van der Waals surface area contributed by atoms with E-state index in [9.17, 15) is 18.1 Å². The minimum Gasteiger partial charge on any atom is -0.726 e. The van der Waals surface area contributed by atoms with E-state index < -0.39 is 10.4 Å². The maximum absolute atomic E-state index is 9.22. The van der Waals surface area contributed by atoms with Crippen LogP contribution >= 0.6 is 0 Å². The van der Waals surface area contributed by atoms with Gasteiger partial charge in [0.05, 0.1) is 26.8 Å². The molecule has 1 aliphatic heterocycles. The van der Waals surface area contributed by atoms with Gasteiger partial charge in [0.1, 0.15) is 12.7 Å². The molecule has 8 heteroatoms. The van der Waals surface area contributed by atoms with E-state index in [-0.39, 0.29) is 0 Å². The number of likely N-dealkylation sites (N-methyl/N-ethyl adjacent to an activating group) is 1. The number of hydrogen-bond acceptors (Lipinski definition) is 6. The highest BCUT2D eigenvalue weighted by atomic mass is 32.3. The molecule has 146 valence electrons. The fourth-order valence-electron chi connectivity index (χ4n) is 3.60. The molecule has 1 saturated heterocycles. The quantitative estimate of drug-likeness (QED) is 0.344. The summed E-state index contributed by atoms with van der Waals surface area (Å²) in [5.74, 6) is 0. The molecule has 1 fully saturated rings. The molecule has 0 radical (unpaired) electrons. The van der Waals surface area contributed by atoms with Crippen LogP contribution in [0, 0.1) is 5.41 Å². The van der Waals surface area contributed by atoms with Gasteiger partial charge in [-0.15, -0.1) is 0 Å². The highest BCUT2D eigenvalue weighted by molar-refractivity contribution is 7.80. The number of hydrogen-bond donors (Lipinski definition) is 2. The Morgan fingerprint density at radius 1 is 1.33 bits per heavy atom. The van der Waals surface area contributed by atoms with Crippen molar-refractivity contribution in [2.75, 3.05) is 40.4 Å². The zero-order valence-electron chi connectivity index (χ0n) is 15.9. The highest BCUT2D eigenvalue weighted by Gasteiger charge is 2.43. The van der Waals surface area contributed by atoms with E-state index in [1.54, 1.807) is 4.90 Å². The Balaban J connectivity index is 0.000000754. The van der Waals surface area contributed by atoms with Crippen LogP contribution in [0.25, 0.3) is 0 Å². The second-order valence-electron chi connectivity index (χ2n) is 7.14. The van der Waals surface area contributed by atoms with Crippen LogP contribution in [0.3, 0.4) is 0 Å². The Morgan fingerprint density at radius 2 is 1.92 bits per heavy atom. The number of nitrogens with zero attached hydrogens (tertiary/aromatic N) is 1. The van der Waals surface area contributed by atoms with Crippen LogP contribution in [0.2, 0.25) is 0 Å². The molecule has 7 nitrogen and oxygen atoms in total. The molecule has 0 spiro atoms. The Bertz CT molecular complexity index is 426. The van der Waals surface area contributed by atoms with Gasteiger partial charge in [0.25, 0.3) is 0 Å². The van der Waals surface area contributed by atoms with Crippen LogP contribution in [0.15, 0.2) is 0 Å². The van der Waals surface area contributed by atoms with Gasteiger partial charge < -0.3 is 14.6 Å². The lowest BCUT2D eigenvalue weighted by Crippen LogP contribution is -3.16. The molecule has 0 saturated carbocycles. The van der Waals surface area contributed by atoms with Crippen molar-refractivity contribution in [3.63, 3.8) is 0 Å². The molecule has 0 aromatic heterocycles. The largest absolute Gasteiger partial charge is 0.726 e. The second kappa shape index (κ2) is 11.4. The first-order valence-corrected chi connectivity index (χ1v) is 10.1. The third kappa shape index (κ3) is 9.29. The maximum Gasteiger partial charge on any atom is 0.217 e. The molecule has 0 aromatic carbocycles. The Labute approximate surface area is 147 Å².